The molecule has 0 spiro atoms. The summed E-state index contributed by atoms with van der Waals surface area (Å²) < 4.78 is 0.889. The molecule has 0 saturated carbocycles. The van der Waals surface area contributed by atoms with Crippen LogP contribution < -0.4 is 10.6 Å². The molecule has 102 valence electrons. The molecule has 2 N–H and O–H groups in total. The van der Waals surface area contributed by atoms with Gasteiger partial charge in [0.15, 0.2) is 0 Å². The minimum absolute atomic E-state index is 0.0476. The van der Waals surface area contributed by atoms with Crippen LogP contribution in [0, 0.1) is 3.57 Å². The van der Waals surface area contributed by atoms with Crippen LogP contribution in [0.5, 0.6) is 0 Å². The first-order valence-electron chi connectivity index (χ1n) is 6.22. The van der Waals surface area contributed by atoms with Crippen LogP contribution >= 0.6 is 34.2 Å². The molecule has 0 aromatic heterocycles. The largest absolute Gasteiger partial charge is 0.397 e. The summed E-state index contributed by atoms with van der Waals surface area (Å²) in [7, 11) is 0. The molecule has 0 saturated heterocycles. The number of carbonyl (C=O) groups excluding carboxylic acids is 1. The Morgan fingerprint density at radius 3 is 2.90 bits per heavy atom. The lowest BCUT2D eigenvalue weighted by Crippen LogP contribution is -2.30. The fraction of sp³-hybridized carbons (Fsp3) is 0.133. The van der Waals surface area contributed by atoms with Gasteiger partial charge in [-0.05, 0) is 58.8 Å². The molecule has 2 aromatic carbocycles. The van der Waals surface area contributed by atoms with Gasteiger partial charge < -0.3 is 10.6 Å². The number of halogens is 2. The van der Waals surface area contributed by atoms with Crippen LogP contribution in [0.2, 0.25) is 5.02 Å². The van der Waals surface area contributed by atoms with Crippen LogP contribution in [0.1, 0.15) is 15.9 Å². The number of anilines is 2. The minimum Gasteiger partial charge on any atom is -0.397 e. The van der Waals surface area contributed by atoms with Crippen LogP contribution in [-0.2, 0) is 6.42 Å². The molecule has 20 heavy (non-hydrogen) atoms. The standard InChI is InChI=1S/C15H12ClIN2O/c16-10-4-5-12(17)11(8-10)15(20)19-7-6-9-2-1-3-13(18)14(9)19/h1-5,8H,6-7,18H2. The Morgan fingerprint density at radius 1 is 1.30 bits per heavy atom. The van der Waals surface area contributed by atoms with Crippen molar-refractivity contribution in [1.29, 1.82) is 0 Å². The Balaban J connectivity index is 2.04. The smallest absolute Gasteiger partial charge is 0.259 e. The Kier molecular flexibility index (Phi) is 3.60. The zero-order chi connectivity index (χ0) is 14.3. The molecule has 3 nitrogen and oxygen atoms in total. The van der Waals surface area contributed by atoms with E-state index in [1.165, 1.54) is 0 Å². The summed E-state index contributed by atoms with van der Waals surface area (Å²) in [6, 6.07) is 11.1. The lowest BCUT2D eigenvalue weighted by Gasteiger charge is -2.19. The molecule has 0 radical (unpaired) electrons. The molecule has 1 aliphatic rings. The number of hydrogen-bond donors (Lipinski definition) is 1. The number of nitrogen functional groups attached to an aromatic ring is 1. The van der Waals surface area contributed by atoms with Gasteiger partial charge in [-0.1, -0.05) is 23.7 Å². The molecule has 0 bridgehead atoms. The van der Waals surface area contributed by atoms with Crippen molar-refractivity contribution in [2.24, 2.45) is 0 Å². The Morgan fingerprint density at radius 2 is 2.10 bits per heavy atom. The van der Waals surface area contributed by atoms with E-state index in [4.69, 9.17) is 17.3 Å². The van der Waals surface area contributed by atoms with E-state index in [0.29, 0.717) is 22.8 Å². The van der Waals surface area contributed by atoms with E-state index in [1.54, 1.807) is 17.0 Å². The summed E-state index contributed by atoms with van der Waals surface area (Å²) in [6.45, 7) is 0.658. The SMILES string of the molecule is Nc1cccc2c1N(C(=O)c1cc(Cl)ccc1I)CC2. The van der Waals surface area contributed by atoms with Crippen molar-refractivity contribution >= 4 is 51.5 Å². The topological polar surface area (TPSA) is 46.3 Å². The number of rotatable bonds is 1. The lowest BCUT2D eigenvalue weighted by atomic mass is 10.1. The second-order valence-electron chi connectivity index (χ2n) is 4.69. The van der Waals surface area contributed by atoms with E-state index in [1.807, 2.05) is 24.3 Å². The maximum Gasteiger partial charge on any atom is 0.259 e. The van der Waals surface area contributed by atoms with Crippen LogP contribution in [-0.4, -0.2) is 12.5 Å². The van der Waals surface area contributed by atoms with Gasteiger partial charge in [-0.25, -0.2) is 0 Å². The van der Waals surface area contributed by atoms with Gasteiger partial charge >= 0.3 is 0 Å². The van der Waals surface area contributed by atoms with Crippen molar-refractivity contribution < 1.29 is 4.79 Å². The number of nitrogens with two attached hydrogens (primary N) is 1. The van der Waals surface area contributed by atoms with Gasteiger partial charge in [0.05, 0.1) is 16.9 Å². The monoisotopic (exact) mass is 398 g/mol. The highest BCUT2D eigenvalue weighted by Gasteiger charge is 2.28. The molecular weight excluding hydrogens is 387 g/mol. The third-order valence-corrected chi connectivity index (χ3v) is 4.61. The van der Waals surface area contributed by atoms with Gasteiger partial charge in [-0.15, -0.1) is 0 Å². The van der Waals surface area contributed by atoms with Crippen LogP contribution in [0.4, 0.5) is 11.4 Å². The predicted molar refractivity (Wildman–Crippen MR) is 90.4 cm³/mol. The summed E-state index contributed by atoms with van der Waals surface area (Å²) in [4.78, 5) is 14.5. The van der Waals surface area contributed by atoms with Crippen LogP contribution in [0.3, 0.4) is 0 Å². The van der Waals surface area contributed by atoms with Gasteiger partial charge in [-0.3, -0.25) is 4.79 Å². The van der Waals surface area contributed by atoms with Crippen molar-refractivity contribution in [3.63, 3.8) is 0 Å². The predicted octanol–water partition coefficient (Wildman–Crippen LogP) is 3.73. The maximum absolute atomic E-state index is 12.7. The van der Waals surface area contributed by atoms with E-state index >= 15 is 0 Å². The van der Waals surface area contributed by atoms with Crippen molar-refractivity contribution in [1.82, 2.24) is 0 Å². The number of hydrogen-bond acceptors (Lipinski definition) is 2. The quantitative estimate of drug-likeness (QED) is 0.588. The second kappa shape index (κ2) is 5.26. The van der Waals surface area contributed by atoms with E-state index < -0.39 is 0 Å². The molecule has 0 fully saturated rings. The van der Waals surface area contributed by atoms with Crippen LogP contribution in [0.25, 0.3) is 0 Å². The summed E-state index contributed by atoms with van der Waals surface area (Å²) in [6.07, 6.45) is 0.837. The highest BCUT2D eigenvalue weighted by Crippen LogP contribution is 2.35. The van der Waals surface area contributed by atoms with Crippen LogP contribution in [0.15, 0.2) is 36.4 Å². The molecule has 1 heterocycles. The highest BCUT2D eigenvalue weighted by atomic mass is 127. The van der Waals surface area contributed by atoms with Crippen molar-refractivity contribution in [2.45, 2.75) is 6.42 Å². The molecule has 0 unspecified atom stereocenters. The zero-order valence-corrected chi connectivity index (χ0v) is 13.5. The van der Waals surface area contributed by atoms with E-state index in [2.05, 4.69) is 22.6 Å². The first kappa shape index (κ1) is 13.7. The summed E-state index contributed by atoms with van der Waals surface area (Å²) >= 11 is 8.15. The molecule has 3 rings (SSSR count). The number of nitrogens with zero attached hydrogens (tertiary/aromatic N) is 1. The van der Waals surface area contributed by atoms with Gasteiger partial charge in [0.2, 0.25) is 0 Å². The lowest BCUT2D eigenvalue weighted by molar-refractivity contribution is 0.0988. The van der Waals surface area contributed by atoms with Crippen molar-refractivity contribution in [3.8, 4) is 0 Å². The summed E-state index contributed by atoms with van der Waals surface area (Å²) in [5, 5.41) is 0.564. The van der Waals surface area contributed by atoms with Crippen molar-refractivity contribution in [3.05, 3.63) is 56.1 Å². The molecular formula is C15H12ClIN2O. The Bertz CT molecular complexity index is 702. The average molecular weight is 399 g/mol. The molecule has 2 aromatic rings. The first-order chi connectivity index (χ1) is 9.58. The van der Waals surface area contributed by atoms with Gasteiger partial charge in [0.25, 0.3) is 5.91 Å². The van der Waals surface area contributed by atoms with E-state index in [-0.39, 0.29) is 5.91 Å². The molecule has 1 aliphatic heterocycles. The summed E-state index contributed by atoms with van der Waals surface area (Å²) in [5.74, 6) is -0.0476. The Labute approximate surface area is 135 Å². The normalized spacial score (nSPS) is 13.4. The zero-order valence-electron chi connectivity index (χ0n) is 10.6. The highest BCUT2D eigenvalue weighted by molar-refractivity contribution is 14.1. The number of carbonyl (C=O) groups is 1. The molecule has 1 amide bonds. The number of amides is 1. The van der Waals surface area contributed by atoms with Gasteiger partial charge in [0.1, 0.15) is 0 Å². The number of benzene rings is 2. The summed E-state index contributed by atoms with van der Waals surface area (Å²) in [5.41, 5.74) is 9.25. The van der Waals surface area contributed by atoms with E-state index in [0.717, 1.165) is 21.2 Å². The van der Waals surface area contributed by atoms with E-state index in [9.17, 15) is 4.79 Å². The van der Waals surface area contributed by atoms with Gasteiger partial charge in [0, 0.05) is 15.1 Å². The maximum atomic E-state index is 12.7. The van der Waals surface area contributed by atoms with Gasteiger partial charge in [-0.2, -0.15) is 0 Å². The van der Waals surface area contributed by atoms with Crippen molar-refractivity contribution in [2.75, 3.05) is 17.2 Å². The first-order valence-corrected chi connectivity index (χ1v) is 7.68. The molecule has 0 atom stereocenters. The fourth-order valence-corrected chi connectivity index (χ4v) is 3.23. The molecule has 0 aliphatic carbocycles. The second-order valence-corrected chi connectivity index (χ2v) is 6.28. The molecule has 5 heteroatoms. The fourth-order valence-electron chi connectivity index (χ4n) is 2.50. The third-order valence-electron chi connectivity index (χ3n) is 3.43. The number of para-hydroxylation sites is 1. The minimum atomic E-state index is -0.0476. The Hall–Kier alpha value is -1.27. The third kappa shape index (κ3) is 2.27. The number of fused-ring (bicyclic) bond motifs is 1. The average Bonchev–Trinajstić information content (AvgIpc) is 2.86.